The van der Waals surface area contributed by atoms with Crippen LogP contribution in [-0.4, -0.2) is 65.8 Å². The number of aliphatic carboxylic acids is 2. The van der Waals surface area contributed by atoms with Gasteiger partial charge in [-0.15, -0.1) is 0 Å². The Kier molecular flexibility index (Phi) is 8.05. The number of rotatable bonds is 11. The lowest BCUT2D eigenvalue weighted by atomic mass is 10.0. The van der Waals surface area contributed by atoms with Crippen molar-refractivity contribution in [1.29, 1.82) is 0 Å². The Hall–Kier alpha value is -0.800. The zero-order valence-corrected chi connectivity index (χ0v) is 14.0. The highest BCUT2D eigenvalue weighted by atomic mass is 31.2. The van der Waals surface area contributed by atoms with Crippen molar-refractivity contribution in [3.8, 4) is 0 Å². The first-order chi connectivity index (χ1) is 10.3. The van der Waals surface area contributed by atoms with Gasteiger partial charge in [0.2, 0.25) is 0 Å². The molecule has 0 aromatic heterocycles. The van der Waals surface area contributed by atoms with Gasteiger partial charge in [0.05, 0.1) is 6.61 Å². The highest BCUT2D eigenvalue weighted by molar-refractivity contribution is 7.55. The number of unbranched alkanes of at least 4 members (excludes halogenated alkanes) is 1. The summed E-state index contributed by atoms with van der Waals surface area (Å²) in [5.41, 5.74) is -2.58. The minimum Gasteiger partial charge on any atom is -0.481 e. The molecule has 0 heterocycles. The van der Waals surface area contributed by atoms with Crippen LogP contribution in [0.4, 0.5) is 0 Å². The SMILES string of the molecule is CCCCOCC(CC(C(=O)O)P(=O)(O)O)(C(=O)O)P(=O)(O)O. The molecule has 0 rings (SSSR count). The first kappa shape index (κ1) is 22.2. The first-order valence-electron chi connectivity index (χ1n) is 6.44. The third-order valence-corrected chi connectivity index (χ3v) is 5.99. The van der Waals surface area contributed by atoms with Crippen LogP contribution in [0.25, 0.3) is 0 Å². The van der Waals surface area contributed by atoms with Gasteiger partial charge in [0.25, 0.3) is 0 Å². The number of hydrogen-bond donors (Lipinski definition) is 6. The molecule has 0 aromatic carbocycles. The maximum atomic E-state index is 11.6. The van der Waals surface area contributed by atoms with E-state index in [2.05, 4.69) is 0 Å². The molecular formula is C10H20O11P2. The second-order valence-corrected chi connectivity index (χ2v) is 8.68. The van der Waals surface area contributed by atoms with Crippen LogP contribution in [0.2, 0.25) is 0 Å². The van der Waals surface area contributed by atoms with Crippen molar-refractivity contribution in [1.82, 2.24) is 0 Å². The molecular weight excluding hydrogens is 358 g/mol. The Bertz CT molecular complexity index is 521. The molecule has 2 unspecified atom stereocenters. The van der Waals surface area contributed by atoms with Gasteiger partial charge in [-0.1, -0.05) is 13.3 Å². The van der Waals surface area contributed by atoms with Crippen LogP contribution in [-0.2, 0) is 23.5 Å². The van der Waals surface area contributed by atoms with Gasteiger partial charge in [-0.3, -0.25) is 18.7 Å². The molecule has 136 valence electrons. The summed E-state index contributed by atoms with van der Waals surface area (Å²) in [5, 5.41) is 15.0. The van der Waals surface area contributed by atoms with Crippen LogP contribution >= 0.6 is 15.2 Å². The van der Waals surface area contributed by atoms with E-state index in [9.17, 15) is 33.6 Å². The smallest absolute Gasteiger partial charge is 0.345 e. The fraction of sp³-hybridized carbons (Fsp3) is 0.800. The summed E-state index contributed by atoms with van der Waals surface area (Å²) in [6.45, 7) is 0.667. The number of hydrogen-bond acceptors (Lipinski definition) is 5. The van der Waals surface area contributed by atoms with Crippen LogP contribution < -0.4 is 0 Å². The average Bonchev–Trinajstić information content (AvgIpc) is 2.34. The standard InChI is InChI=1S/C10H20O11P2/c1-2-3-4-21-6-10(9(13)14,23(18,19)20)5-7(8(11)12)22(15,16)17/h7H,2-6H2,1H3,(H,11,12)(H,13,14)(H2,15,16,17)(H2,18,19,20). The van der Waals surface area contributed by atoms with Crippen LogP contribution in [0.3, 0.4) is 0 Å². The second-order valence-electron chi connectivity index (χ2n) is 4.93. The minimum absolute atomic E-state index is 0.0425. The third kappa shape index (κ3) is 5.96. The summed E-state index contributed by atoms with van der Waals surface area (Å²) in [4.78, 5) is 59.1. The lowest BCUT2D eigenvalue weighted by molar-refractivity contribution is -0.143. The average molecular weight is 378 g/mol. The van der Waals surface area contributed by atoms with Gasteiger partial charge in [-0.2, -0.15) is 0 Å². The first-order valence-corrected chi connectivity index (χ1v) is 9.73. The predicted molar refractivity (Wildman–Crippen MR) is 76.2 cm³/mol. The summed E-state index contributed by atoms with van der Waals surface area (Å²) in [5.74, 6) is -4.16. The minimum atomic E-state index is -5.51. The number of carboxylic acid groups (broad SMARTS) is 2. The van der Waals surface area contributed by atoms with E-state index in [1.807, 2.05) is 0 Å². The molecule has 0 fully saturated rings. The Balaban J connectivity index is 5.74. The molecule has 11 nitrogen and oxygen atoms in total. The second kappa shape index (κ2) is 8.34. The van der Waals surface area contributed by atoms with Gasteiger partial charge >= 0.3 is 27.1 Å². The van der Waals surface area contributed by atoms with Crippen molar-refractivity contribution in [3.05, 3.63) is 0 Å². The van der Waals surface area contributed by atoms with Crippen molar-refractivity contribution in [2.24, 2.45) is 0 Å². The quantitative estimate of drug-likeness (QED) is 0.206. The van der Waals surface area contributed by atoms with Gasteiger partial charge in [-0.25, -0.2) is 0 Å². The van der Waals surface area contributed by atoms with E-state index in [0.717, 1.165) is 0 Å². The van der Waals surface area contributed by atoms with E-state index < -0.39 is 51.0 Å². The highest BCUT2D eigenvalue weighted by Gasteiger charge is 2.58. The number of ether oxygens (including phenoxy) is 1. The van der Waals surface area contributed by atoms with Crippen molar-refractivity contribution in [2.75, 3.05) is 13.2 Å². The van der Waals surface area contributed by atoms with E-state index in [1.54, 1.807) is 6.92 Å². The predicted octanol–water partition coefficient (Wildman–Crippen LogP) is -0.175. The zero-order valence-electron chi connectivity index (χ0n) is 12.2. The molecule has 0 aliphatic carbocycles. The Morgan fingerprint density at radius 3 is 1.96 bits per heavy atom. The molecule has 0 spiro atoms. The summed E-state index contributed by atoms with van der Waals surface area (Å²) in [6.07, 6.45) is -0.369. The Labute approximate surface area is 131 Å². The van der Waals surface area contributed by atoms with Gasteiger partial charge in [-0.05, 0) is 6.42 Å². The fourth-order valence-corrected chi connectivity index (χ4v) is 3.60. The van der Waals surface area contributed by atoms with Crippen LogP contribution in [0, 0.1) is 0 Å². The summed E-state index contributed by atoms with van der Waals surface area (Å²) in [6, 6.07) is 0. The normalized spacial score (nSPS) is 16.6. The Morgan fingerprint density at radius 2 is 1.65 bits per heavy atom. The largest absolute Gasteiger partial charge is 0.481 e. The van der Waals surface area contributed by atoms with E-state index in [1.165, 1.54) is 0 Å². The van der Waals surface area contributed by atoms with Crippen LogP contribution in [0.1, 0.15) is 26.2 Å². The van der Waals surface area contributed by atoms with Crippen molar-refractivity contribution in [2.45, 2.75) is 37.0 Å². The summed E-state index contributed by atoms with van der Waals surface area (Å²) < 4.78 is 27.7. The topological polar surface area (TPSA) is 199 Å². The number of carboxylic acids is 2. The fourth-order valence-electron chi connectivity index (χ4n) is 1.69. The maximum absolute atomic E-state index is 11.6. The molecule has 0 aromatic rings. The molecule has 0 radical (unpaired) electrons. The van der Waals surface area contributed by atoms with E-state index in [-0.39, 0.29) is 6.61 Å². The molecule has 0 saturated carbocycles. The summed E-state index contributed by atoms with van der Waals surface area (Å²) >= 11 is 0. The molecule has 0 bridgehead atoms. The molecule has 23 heavy (non-hydrogen) atoms. The van der Waals surface area contributed by atoms with E-state index in [4.69, 9.17) is 19.6 Å². The molecule has 0 aliphatic rings. The summed E-state index contributed by atoms with van der Waals surface area (Å²) in [7, 11) is -10.9. The molecule has 0 aliphatic heterocycles. The van der Waals surface area contributed by atoms with Crippen molar-refractivity contribution in [3.63, 3.8) is 0 Å². The lowest BCUT2D eigenvalue weighted by Crippen LogP contribution is -2.47. The third-order valence-electron chi connectivity index (χ3n) is 3.16. The number of carbonyl (C=O) groups is 2. The zero-order chi connectivity index (χ0) is 18.5. The molecule has 6 N–H and O–H groups in total. The monoisotopic (exact) mass is 378 g/mol. The Morgan fingerprint density at radius 1 is 1.13 bits per heavy atom. The maximum Gasteiger partial charge on any atom is 0.345 e. The van der Waals surface area contributed by atoms with Gasteiger partial charge < -0.3 is 34.5 Å². The van der Waals surface area contributed by atoms with Crippen LogP contribution in [0.5, 0.6) is 0 Å². The lowest BCUT2D eigenvalue weighted by Gasteiger charge is -2.32. The molecule has 2 atom stereocenters. The van der Waals surface area contributed by atoms with Crippen molar-refractivity contribution >= 4 is 27.1 Å². The van der Waals surface area contributed by atoms with E-state index >= 15 is 0 Å². The van der Waals surface area contributed by atoms with Gasteiger partial charge in [0, 0.05) is 13.0 Å². The van der Waals surface area contributed by atoms with E-state index in [0.29, 0.717) is 12.8 Å². The molecule has 0 amide bonds. The van der Waals surface area contributed by atoms with Gasteiger partial charge in [0.15, 0.2) is 10.8 Å². The highest BCUT2D eigenvalue weighted by Crippen LogP contribution is 2.57. The van der Waals surface area contributed by atoms with Gasteiger partial charge in [0.1, 0.15) is 0 Å². The van der Waals surface area contributed by atoms with Crippen molar-refractivity contribution < 1.29 is 53.2 Å². The molecule has 0 saturated heterocycles. The molecule has 13 heteroatoms. The van der Waals surface area contributed by atoms with Crippen LogP contribution in [0.15, 0.2) is 0 Å².